The number of aryl methyl sites for hydroxylation is 3. The lowest BCUT2D eigenvalue weighted by Gasteiger charge is -2.16. The Balaban J connectivity index is 0.000000371. The number of benzene rings is 1. The average molecular weight is 428 g/mol. The highest BCUT2D eigenvalue weighted by atomic mass is 16.2. The fourth-order valence-electron chi connectivity index (χ4n) is 4.52. The number of aliphatic hydroxyl groups is 1. The summed E-state index contributed by atoms with van der Waals surface area (Å²) in [7, 11) is 0. The monoisotopic (exact) mass is 427 g/mol. The van der Waals surface area contributed by atoms with E-state index in [2.05, 4.69) is 35.9 Å². The maximum atomic E-state index is 8.81. The van der Waals surface area contributed by atoms with Crippen molar-refractivity contribution in [3.63, 3.8) is 0 Å². The summed E-state index contributed by atoms with van der Waals surface area (Å²) in [6, 6.07) is 4.65. The minimum atomic E-state index is 0.344. The van der Waals surface area contributed by atoms with Crippen LogP contribution in [0.4, 0.5) is 5.82 Å². The van der Waals surface area contributed by atoms with Gasteiger partial charge >= 0.3 is 0 Å². The molecular formula is C26H41N3O2. The van der Waals surface area contributed by atoms with Crippen molar-refractivity contribution in [3.8, 4) is 0 Å². The number of nitrogens with zero attached hydrogens (tertiary/aromatic N) is 2. The first-order valence-corrected chi connectivity index (χ1v) is 12.0. The Labute approximate surface area is 188 Å². The third kappa shape index (κ3) is 7.29. The number of carbonyl (C=O) groups is 1. The fourth-order valence-corrected chi connectivity index (χ4v) is 4.52. The summed E-state index contributed by atoms with van der Waals surface area (Å²) in [4.78, 5) is 16.1. The van der Waals surface area contributed by atoms with Gasteiger partial charge in [-0.25, -0.2) is 4.98 Å². The molecule has 31 heavy (non-hydrogen) atoms. The number of aliphatic hydroxyl groups excluding tert-OH is 1. The van der Waals surface area contributed by atoms with Crippen LogP contribution in [0.2, 0.25) is 0 Å². The molecule has 1 fully saturated rings. The van der Waals surface area contributed by atoms with Gasteiger partial charge in [-0.2, -0.15) is 0 Å². The predicted molar refractivity (Wildman–Crippen MR) is 131 cm³/mol. The van der Waals surface area contributed by atoms with Gasteiger partial charge < -0.3 is 20.5 Å². The Morgan fingerprint density at radius 3 is 2.42 bits per heavy atom. The van der Waals surface area contributed by atoms with Crippen molar-refractivity contribution in [2.75, 3.05) is 32.0 Å². The molecule has 0 unspecified atom stereocenters. The van der Waals surface area contributed by atoms with Crippen molar-refractivity contribution in [1.82, 2.24) is 9.88 Å². The van der Waals surface area contributed by atoms with E-state index in [-0.39, 0.29) is 0 Å². The molecule has 0 radical (unpaired) electrons. The number of fused-ring (bicyclic) bond motifs is 3. The van der Waals surface area contributed by atoms with Gasteiger partial charge in [-0.05, 0) is 119 Å². The molecule has 2 heterocycles. The quantitative estimate of drug-likeness (QED) is 0.657. The van der Waals surface area contributed by atoms with E-state index >= 15 is 0 Å². The Morgan fingerprint density at radius 1 is 1.13 bits per heavy atom. The molecule has 1 aliphatic carbocycles. The second-order valence-corrected chi connectivity index (χ2v) is 8.57. The third-order valence-electron chi connectivity index (χ3n) is 6.18. The molecule has 2 aromatic rings. The van der Waals surface area contributed by atoms with Crippen molar-refractivity contribution < 1.29 is 9.90 Å². The van der Waals surface area contributed by atoms with Gasteiger partial charge in [0, 0.05) is 12.0 Å². The smallest absolute Gasteiger partial charge is 0.127 e. The Hall–Kier alpha value is -1.98. The second kappa shape index (κ2) is 13.4. The maximum Gasteiger partial charge on any atom is 0.127 e. The molecule has 4 rings (SSSR count). The van der Waals surface area contributed by atoms with Gasteiger partial charge in [0.2, 0.25) is 0 Å². The highest BCUT2D eigenvalue weighted by molar-refractivity contribution is 5.87. The van der Waals surface area contributed by atoms with E-state index in [1.165, 1.54) is 86.3 Å². The highest BCUT2D eigenvalue weighted by Gasteiger charge is 2.19. The van der Waals surface area contributed by atoms with Crippen LogP contribution in [0, 0.1) is 6.92 Å². The predicted octanol–water partition coefficient (Wildman–Crippen LogP) is 4.63. The van der Waals surface area contributed by atoms with E-state index in [0.29, 0.717) is 6.61 Å². The zero-order chi connectivity index (χ0) is 22.6. The molecule has 0 saturated carbocycles. The maximum absolute atomic E-state index is 8.81. The summed E-state index contributed by atoms with van der Waals surface area (Å²) in [6.45, 7) is 9.90. The molecular weight excluding hydrogens is 386 g/mol. The third-order valence-corrected chi connectivity index (χ3v) is 6.18. The zero-order valence-corrected chi connectivity index (χ0v) is 19.8. The van der Waals surface area contributed by atoms with Gasteiger partial charge in [0.15, 0.2) is 0 Å². The molecule has 1 aromatic heterocycles. The molecule has 5 heteroatoms. The van der Waals surface area contributed by atoms with Crippen molar-refractivity contribution >= 4 is 23.0 Å². The van der Waals surface area contributed by atoms with Crippen LogP contribution < -0.4 is 5.73 Å². The SMILES string of the molecule is CC=O.CCCCO.Cc1cc2nc(N)c3c(c2cc1CCCN1CCCC1)CCC3. The number of unbranched alkanes of at least 4 members (excludes halogenated alkanes) is 1. The minimum absolute atomic E-state index is 0.344. The van der Waals surface area contributed by atoms with Gasteiger partial charge in [-0.3, -0.25) is 0 Å². The van der Waals surface area contributed by atoms with E-state index in [1.54, 1.807) is 0 Å². The fraction of sp³-hybridized carbons (Fsp3) is 0.615. The van der Waals surface area contributed by atoms with Crippen LogP contribution >= 0.6 is 0 Å². The zero-order valence-electron chi connectivity index (χ0n) is 19.8. The van der Waals surface area contributed by atoms with Crippen molar-refractivity contribution in [2.24, 2.45) is 0 Å². The topological polar surface area (TPSA) is 79.4 Å². The molecule has 0 amide bonds. The van der Waals surface area contributed by atoms with Gasteiger partial charge in [0.05, 0.1) is 5.52 Å². The van der Waals surface area contributed by atoms with E-state index in [1.807, 2.05) is 0 Å². The summed E-state index contributed by atoms with van der Waals surface area (Å²) in [5.74, 6) is 0.756. The minimum Gasteiger partial charge on any atom is -0.396 e. The van der Waals surface area contributed by atoms with Crippen LogP contribution in [0.1, 0.15) is 74.6 Å². The van der Waals surface area contributed by atoms with Crippen LogP contribution in [0.5, 0.6) is 0 Å². The van der Waals surface area contributed by atoms with Crippen molar-refractivity contribution in [2.45, 2.75) is 78.6 Å². The number of carbonyl (C=O) groups excluding carboxylic acids is 1. The van der Waals surface area contributed by atoms with E-state index in [4.69, 9.17) is 15.6 Å². The summed E-state index contributed by atoms with van der Waals surface area (Å²) in [5.41, 5.74) is 12.9. The van der Waals surface area contributed by atoms with E-state index < -0.39 is 0 Å². The molecule has 1 aliphatic heterocycles. The van der Waals surface area contributed by atoms with Crippen molar-refractivity contribution in [3.05, 3.63) is 34.4 Å². The number of likely N-dealkylation sites (tertiary alicyclic amines) is 1. The summed E-state index contributed by atoms with van der Waals surface area (Å²) in [6.07, 6.45) is 11.5. The number of nitrogen functional groups attached to an aromatic ring is 1. The summed E-state index contributed by atoms with van der Waals surface area (Å²) >= 11 is 0. The lowest BCUT2D eigenvalue weighted by Crippen LogP contribution is -2.20. The Bertz CT molecular complexity index is 827. The second-order valence-electron chi connectivity index (χ2n) is 8.57. The molecule has 2 aliphatic rings. The van der Waals surface area contributed by atoms with Gasteiger partial charge in [0.25, 0.3) is 0 Å². The van der Waals surface area contributed by atoms with Crippen LogP contribution in [0.15, 0.2) is 12.1 Å². The normalized spacial score (nSPS) is 15.1. The molecule has 0 bridgehead atoms. The van der Waals surface area contributed by atoms with Gasteiger partial charge in [0.1, 0.15) is 12.1 Å². The molecule has 1 saturated heterocycles. The molecule has 5 nitrogen and oxygen atoms in total. The Kier molecular flexibility index (Phi) is 11.0. The van der Waals surface area contributed by atoms with Crippen LogP contribution in [0.3, 0.4) is 0 Å². The summed E-state index contributed by atoms with van der Waals surface area (Å²) < 4.78 is 0. The lowest BCUT2D eigenvalue weighted by molar-refractivity contribution is -0.106. The standard InChI is InChI=1S/C20H27N3.C4H10O.C2H4O/c1-14-12-19-18(16-7-4-8-17(16)20(21)22-19)13-15(14)6-5-11-23-9-2-3-10-23;1-2-3-4-5;1-2-3/h12-13H,2-11H2,1H3,(H2,21,22);5H,2-4H2,1H3;2H,1H3. The number of rotatable bonds is 6. The van der Waals surface area contributed by atoms with Crippen molar-refractivity contribution in [1.29, 1.82) is 0 Å². The number of hydrogen-bond acceptors (Lipinski definition) is 5. The average Bonchev–Trinajstić information content (AvgIpc) is 3.43. The van der Waals surface area contributed by atoms with Crippen LogP contribution in [-0.4, -0.2) is 47.5 Å². The number of aldehydes is 1. The first kappa shape index (κ1) is 25.3. The number of anilines is 1. The van der Waals surface area contributed by atoms with Gasteiger partial charge in [-0.15, -0.1) is 0 Å². The highest BCUT2D eigenvalue weighted by Crippen LogP contribution is 2.33. The molecule has 0 spiro atoms. The molecule has 3 N–H and O–H groups in total. The lowest BCUT2D eigenvalue weighted by atomic mass is 9.97. The van der Waals surface area contributed by atoms with E-state index in [0.717, 1.165) is 43.3 Å². The van der Waals surface area contributed by atoms with Crippen LogP contribution in [-0.2, 0) is 24.1 Å². The molecule has 1 aromatic carbocycles. The number of pyridine rings is 1. The number of hydrogen-bond donors (Lipinski definition) is 2. The Morgan fingerprint density at radius 2 is 1.81 bits per heavy atom. The molecule has 0 atom stereocenters. The van der Waals surface area contributed by atoms with Gasteiger partial charge in [-0.1, -0.05) is 13.3 Å². The number of aromatic nitrogens is 1. The first-order valence-electron chi connectivity index (χ1n) is 12.0. The summed E-state index contributed by atoms with van der Waals surface area (Å²) in [5, 5.41) is 9.42. The van der Waals surface area contributed by atoms with Crippen LogP contribution in [0.25, 0.3) is 10.9 Å². The van der Waals surface area contributed by atoms with E-state index in [9.17, 15) is 0 Å². The molecule has 172 valence electrons. The number of nitrogens with two attached hydrogens (primary N) is 1. The largest absolute Gasteiger partial charge is 0.396 e. The first-order chi connectivity index (χ1) is 15.0.